The van der Waals surface area contributed by atoms with Crippen LogP contribution >= 0.6 is 22.9 Å². The zero-order chi connectivity index (χ0) is 23.2. The number of amides is 2. The number of hydrogen-bond acceptors (Lipinski definition) is 3. The summed E-state index contributed by atoms with van der Waals surface area (Å²) in [5.41, 5.74) is 1.85. The molecule has 7 heteroatoms. The van der Waals surface area contributed by atoms with E-state index in [0.717, 1.165) is 47.4 Å². The summed E-state index contributed by atoms with van der Waals surface area (Å²) in [5, 5.41) is 6.04. The van der Waals surface area contributed by atoms with Gasteiger partial charge in [0, 0.05) is 17.6 Å². The lowest BCUT2D eigenvalue weighted by Gasteiger charge is -2.45. The molecule has 3 aromatic rings. The fourth-order valence-corrected chi connectivity index (χ4v) is 6.21. The molecule has 3 heterocycles. The van der Waals surface area contributed by atoms with Gasteiger partial charge in [0.2, 0.25) is 5.91 Å². The molecule has 0 saturated heterocycles. The molecule has 2 aliphatic rings. The van der Waals surface area contributed by atoms with Crippen LogP contribution in [0.1, 0.15) is 55.6 Å². The van der Waals surface area contributed by atoms with E-state index in [9.17, 15) is 9.59 Å². The minimum absolute atomic E-state index is 0.0470. The van der Waals surface area contributed by atoms with Crippen molar-refractivity contribution >= 4 is 45.0 Å². The van der Waals surface area contributed by atoms with Crippen LogP contribution in [-0.4, -0.2) is 39.4 Å². The highest BCUT2D eigenvalue weighted by Gasteiger charge is 2.48. The van der Waals surface area contributed by atoms with Crippen molar-refractivity contribution < 1.29 is 9.59 Å². The predicted octanol–water partition coefficient (Wildman–Crippen LogP) is 5.51. The van der Waals surface area contributed by atoms with Crippen LogP contribution in [0.3, 0.4) is 0 Å². The number of nitrogens with zero attached hydrogens (tertiary/aromatic N) is 2. The van der Waals surface area contributed by atoms with Gasteiger partial charge >= 0.3 is 0 Å². The van der Waals surface area contributed by atoms with Crippen LogP contribution in [0.25, 0.3) is 10.2 Å². The number of carbonyl (C=O) groups excluding carboxylic acids is 2. The lowest BCUT2D eigenvalue weighted by atomic mass is 9.86. The number of benzene rings is 1. The summed E-state index contributed by atoms with van der Waals surface area (Å²) < 4.78 is 3.12. The van der Waals surface area contributed by atoms with Crippen LogP contribution in [0.4, 0.5) is 0 Å². The first-order valence-corrected chi connectivity index (χ1v) is 13.0. The van der Waals surface area contributed by atoms with Crippen LogP contribution in [0, 0.1) is 5.92 Å². The van der Waals surface area contributed by atoms with E-state index < -0.39 is 5.54 Å². The smallest absolute Gasteiger partial charge is 0.271 e. The Bertz CT molecular complexity index is 1180. The van der Waals surface area contributed by atoms with Gasteiger partial charge in [-0.15, -0.1) is 11.3 Å². The highest BCUT2D eigenvalue weighted by atomic mass is 35.5. The van der Waals surface area contributed by atoms with Gasteiger partial charge in [-0.25, -0.2) is 0 Å². The number of fused-ring (bicyclic) bond motifs is 3. The maximum Gasteiger partial charge on any atom is 0.271 e. The zero-order valence-electron chi connectivity index (χ0n) is 19.1. The molecular weight excluding hydrogens is 454 g/mol. The molecule has 5 nitrogen and oxygen atoms in total. The topological polar surface area (TPSA) is 54.3 Å². The Labute approximate surface area is 203 Å². The van der Waals surface area contributed by atoms with Crippen LogP contribution in [-0.2, 0) is 17.8 Å². The van der Waals surface area contributed by atoms with Crippen molar-refractivity contribution in [1.29, 1.82) is 0 Å². The third kappa shape index (κ3) is 4.19. The Kier molecular flexibility index (Phi) is 6.00. The molecule has 0 spiro atoms. The van der Waals surface area contributed by atoms with Gasteiger partial charge in [0.15, 0.2) is 0 Å². The standard InChI is InChI=1S/C26H30ClN3O2S/c1-17-3-9-20(10-4-17)28-25(32)26(2)16-29-21-12-14-33-23(21)15-22(29)24(31)30(26)13-11-18-5-7-19(27)8-6-18/h5-8,12,14-15,17,20H,3-4,9-11,13,16H2,1-2H3,(H,28,32). The second-order valence-corrected chi connectivity index (χ2v) is 11.2. The fraction of sp³-hybridized carbons (Fsp3) is 0.462. The Morgan fingerprint density at radius 3 is 2.64 bits per heavy atom. The maximum absolute atomic E-state index is 13.8. The lowest BCUT2D eigenvalue weighted by Crippen LogP contribution is -2.65. The number of thiophene rings is 1. The van der Waals surface area contributed by atoms with Gasteiger partial charge in [0.1, 0.15) is 11.2 Å². The van der Waals surface area contributed by atoms with Crippen molar-refractivity contribution in [2.24, 2.45) is 5.92 Å². The van der Waals surface area contributed by atoms with Gasteiger partial charge in [-0.1, -0.05) is 30.7 Å². The van der Waals surface area contributed by atoms with Gasteiger partial charge < -0.3 is 14.8 Å². The van der Waals surface area contributed by atoms with E-state index in [4.69, 9.17) is 11.6 Å². The van der Waals surface area contributed by atoms with E-state index in [1.807, 2.05) is 53.3 Å². The van der Waals surface area contributed by atoms with Crippen LogP contribution in [0.15, 0.2) is 41.8 Å². The van der Waals surface area contributed by atoms with Crippen LogP contribution < -0.4 is 5.32 Å². The second kappa shape index (κ2) is 8.80. The SMILES string of the molecule is CC1CCC(NC(=O)C2(C)Cn3c(cc4sccc43)C(=O)N2CCc2ccc(Cl)cc2)CC1. The molecule has 2 aromatic heterocycles. The van der Waals surface area contributed by atoms with Gasteiger partial charge in [0.25, 0.3) is 5.91 Å². The fourth-order valence-electron chi connectivity index (χ4n) is 5.26. The number of nitrogens with one attached hydrogen (secondary N) is 1. The lowest BCUT2D eigenvalue weighted by molar-refractivity contribution is -0.133. The first-order valence-electron chi connectivity index (χ1n) is 11.8. The van der Waals surface area contributed by atoms with E-state index in [2.05, 4.69) is 12.2 Å². The van der Waals surface area contributed by atoms with Crippen molar-refractivity contribution in [3.05, 3.63) is 58.1 Å². The Morgan fingerprint density at radius 1 is 1.18 bits per heavy atom. The van der Waals surface area contributed by atoms with Gasteiger partial charge in [-0.3, -0.25) is 9.59 Å². The average Bonchev–Trinajstić information content (AvgIpc) is 3.39. The van der Waals surface area contributed by atoms with Crippen LogP contribution in [0.5, 0.6) is 0 Å². The summed E-state index contributed by atoms with van der Waals surface area (Å²) in [6, 6.07) is 11.9. The maximum atomic E-state index is 13.8. The first-order chi connectivity index (χ1) is 15.8. The minimum atomic E-state index is -0.951. The van der Waals surface area contributed by atoms with E-state index in [1.165, 1.54) is 0 Å². The monoisotopic (exact) mass is 483 g/mol. The third-order valence-electron chi connectivity index (χ3n) is 7.43. The number of rotatable bonds is 5. The van der Waals surface area contributed by atoms with Crippen molar-refractivity contribution in [2.45, 2.75) is 64.1 Å². The second-order valence-electron chi connectivity index (χ2n) is 9.82. The molecule has 1 atom stereocenters. The van der Waals surface area contributed by atoms with Crippen molar-refractivity contribution in [3.8, 4) is 0 Å². The molecule has 0 bridgehead atoms. The predicted molar refractivity (Wildman–Crippen MR) is 134 cm³/mol. The molecule has 1 unspecified atom stereocenters. The first kappa shape index (κ1) is 22.5. The number of carbonyl (C=O) groups is 2. The molecule has 1 aliphatic heterocycles. The van der Waals surface area contributed by atoms with Crippen LogP contribution in [0.2, 0.25) is 5.02 Å². The summed E-state index contributed by atoms with van der Waals surface area (Å²) in [6.45, 7) is 5.14. The Hall–Kier alpha value is -2.31. The average molecular weight is 484 g/mol. The van der Waals surface area contributed by atoms with E-state index in [1.54, 1.807) is 16.2 Å². The van der Waals surface area contributed by atoms with Gasteiger partial charge in [-0.2, -0.15) is 0 Å². The normalized spacial score (nSPS) is 25.3. The highest BCUT2D eigenvalue weighted by Crippen LogP contribution is 2.35. The summed E-state index contributed by atoms with van der Waals surface area (Å²) in [5.74, 6) is 0.595. The highest BCUT2D eigenvalue weighted by molar-refractivity contribution is 7.17. The molecule has 33 heavy (non-hydrogen) atoms. The Morgan fingerprint density at radius 2 is 1.91 bits per heavy atom. The molecule has 5 rings (SSSR count). The van der Waals surface area contributed by atoms with Gasteiger partial charge in [0.05, 0.1) is 16.8 Å². The van der Waals surface area contributed by atoms with Crippen molar-refractivity contribution in [2.75, 3.05) is 6.54 Å². The minimum Gasteiger partial charge on any atom is -0.351 e. The molecule has 174 valence electrons. The van der Waals surface area contributed by atoms with E-state index >= 15 is 0 Å². The zero-order valence-corrected chi connectivity index (χ0v) is 20.7. The molecule has 1 N–H and O–H groups in total. The third-order valence-corrected chi connectivity index (χ3v) is 8.53. The van der Waals surface area contributed by atoms with Crippen molar-refractivity contribution in [1.82, 2.24) is 14.8 Å². The Balaban J connectivity index is 1.44. The molecule has 1 saturated carbocycles. The summed E-state index contributed by atoms with van der Waals surface area (Å²) in [7, 11) is 0. The summed E-state index contributed by atoms with van der Waals surface area (Å²) in [6.07, 6.45) is 4.95. The molecule has 0 radical (unpaired) electrons. The molecular formula is C26H30ClN3O2S. The molecule has 2 amide bonds. The number of halogens is 1. The number of aromatic nitrogens is 1. The van der Waals surface area contributed by atoms with E-state index in [-0.39, 0.29) is 17.9 Å². The summed E-state index contributed by atoms with van der Waals surface area (Å²) >= 11 is 7.67. The van der Waals surface area contributed by atoms with Gasteiger partial charge in [-0.05, 0) is 80.2 Å². The molecule has 1 aliphatic carbocycles. The van der Waals surface area contributed by atoms with Crippen molar-refractivity contribution in [3.63, 3.8) is 0 Å². The quantitative estimate of drug-likeness (QED) is 0.520. The number of hydrogen-bond donors (Lipinski definition) is 1. The molecule has 1 aromatic carbocycles. The summed E-state index contributed by atoms with van der Waals surface area (Å²) in [4.78, 5) is 29.3. The molecule has 1 fully saturated rings. The largest absolute Gasteiger partial charge is 0.351 e. The van der Waals surface area contributed by atoms with E-state index in [0.29, 0.717) is 30.2 Å².